The van der Waals surface area contributed by atoms with Crippen molar-refractivity contribution >= 4 is 24.3 Å². The predicted molar refractivity (Wildman–Crippen MR) is 60.0 cm³/mol. The smallest absolute Gasteiger partial charge is 0.320 e. The van der Waals surface area contributed by atoms with Gasteiger partial charge in [-0.05, 0) is 27.2 Å². The number of carboxylic acids is 1. The fourth-order valence-corrected chi connectivity index (χ4v) is 1.07. The van der Waals surface area contributed by atoms with Gasteiger partial charge in [0.25, 0.3) is 0 Å². The molecule has 4 N–H and O–H groups in total. The van der Waals surface area contributed by atoms with Crippen LogP contribution >= 0.6 is 12.4 Å². The summed E-state index contributed by atoms with van der Waals surface area (Å²) in [5.74, 6) is -1.44. The van der Waals surface area contributed by atoms with E-state index in [-0.39, 0.29) is 30.8 Å². The molecule has 0 aromatic rings. The molecule has 0 unspecified atom stereocenters. The van der Waals surface area contributed by atoms with E-state index in [1.54, 1.807) is 0 Å². The summed E-state index contributed by atoms with van der Waals surface area (Å²) in [5.41, 5.74) is 4.65. The van der Waals surface area contributed by atoms with Crippen LogP contribution < -0.4 is 11.1 Å². The van der Waals surface area contributed by atoms with Gasteiger partial charge in [0, 0.05) is 12.0 Å². The monoisotopic (exact) mass is 238 g/mol. The number of aliphatic carboxylic acids is 1. The Morgan fingerprint density at radius 3 is 2.13 bits per heavy atom. The van der Waals surface area contributed by atoms with E-state index < -0.39 is 17.9 Å². The standard InChI is InChI=1S/C9H18N2O3.ClH/c1-9(2,3)11-6(8(13)14)4-5-7(10)12;/h6,11H,4-5H2,1-3H3,(H2,10,12)(H,13,14);1H/t6-;/m0./s1. The van der Waals surface area contributed by atoms with Crippen molar-refractivity contribution in [2.75, 3.05) is 0 Å². The largest absolute Gasteiger partial charge is 0.480 e. The van der Waals surface area contributed by atoms with E-state index >= 15 is 0 Å². The first kappa shape index (κ1) is 16.6. The van der Waals surface area contributed by atoms with E-state index in [2.05, 4.69) is 5.32 Å². The minimum atomic E-state index is -0.957. The lowest BCUT2D eigenvalue weighted by Gasteiger charge is -2.25. The molecule has 1 atom stereocenters. The minimum Gasteiger partial charge on any atom is -0.480 e. The molecular weight excluding hydrogens is 220 g/mol. The van der Waals surface area contributed by atoms with Crippen LogP contribution in [0.1, 0.15) is 33.6 Å². The second-order valence-corrected chi connectivity index (χ2v) is 4.29. The first-order chi connectivity index (χ1) is 6.22. The summed E-state index contributed by atoms with van der Waals surface area (Å²) in [6.45, 7) is 5.60. The summed E-state index contributed by atoms with van der Waals surface area (Å²) in [6.07, 6.45) is 0.308. The van der Waals surface area contributed by atoms with Crippen LogP contribution in [0, 0.1) is 0 Å². The van der Waals surface area contributed by atoms with Crippen LogP contribution in [0.15, 0.2) is 0 Å². The molecular formula is C9H19ClN2O3. The number of rotatable bonds is 5. The molecule has 0 rings (SSSR count). The van der Waals surface area contributed by atoms with Gasteiger partial charge in [-0.25, -0.2) is 0 Å². The fourth-order valence-electron chi connectivity index (χ4n) is 1.07. The second kappa shape index (κ2) is 6.63. The average molecular weight is 239 g/mol. The quantitative estimate of drug-likeness (QED) is 0.651. The number of hydrogen-bond acceptors (Lipinski definition) is 3. The fraction of sp³-hybridized carbons (Fsp3) is 0.778. The predicted octanol–water partition coefficient (Wildman–Crippen LogP) is 0.515. The lowest BCUT2D eigenvalue weighted by atomic mass is 10.0. The highest BCUT2D eigenvalue weighted by molar-refractivity contribution is 5.85. The van der Waals surface area contributed by atoms with Gasteiger partial charge < -0.3 is 10.8 Å². The van der Waals surface area contributed by atoms with E-state index in [1.807, 2.05) is 20.8 Å². The van der Waals surface area contributed by atoms with E-state index in [1.165, 1.54) is 0 Å². The zero-order chi connectivity index (χ0) is 11.4. The van der Waals surface area contributed by atoms with Gasteiger partial charge in [0.05, 0.1) is 0 Å². The second-order valence-electron chi connectivity index (χ2n) is 4.29. The number of carbonyl (C=O) groups is 2. The van der Waals surface area contributed by atoms with Gasteiger partial charge in [-0.3, -0.25) is 14.9 Å². The van der Waals surface area contributed by atoms with Gasteiger partial charge in [0.2, 0.25) is 5.91 Å². The van der Waals surface area contributed by atoms with Crippen molar-refractivity contribution < 1.29 is 14.7 Å². The molecule has 15 heavy (non-hydrogen) atoms. The molecule has 6 heteroatoms. The number of nitrogens with one attached hydrogen (secondary N) is 1. The molecule has 0 aromatic carbocycles. The van der Waals surface area contributed by atoms with Crippen LogP contribution in [0.25, 0.3) is 0 Å². The summed E-state index contributed by atoms with van der Waals surface area (Å²) < 4.78 is 0. The summed E-state index contributed by atoms with van der Waals surface area (Å²) in [6, 6.07) is -0.720. The first-order valence-corrected chi connectivity index (χ1v) is 4.51. The minimum absolute atomic E-state index is 0. The van der Waals surface area contributed by atoms with Crippen LogP contribution in [0.2, 0.25) is 0 Å². The maximum Gasteiger partial charge on any atom is 0.320 e. The Balaban J connectivity index is 0. The molecule has 5 nitrogen and oxygen atoms in total. The first-order valence-electron chi connectivity index (χ1n) is 4.51. The van der Waals surface area contributed by atoms with Crippen LogP contribution in [0.5, 0.6) is 0 Å². The highest BCUT2D eigenvalue weighted by Crippen LogP contribution is 2.05. The van der Waals surface area contributed by atoms with Crippen LogP contribution in [-0.2, 0) is 9.59 Å². The summed E-state index contributed by atoms with van der Waals surface area (Å²) in [5, 5.41) is 11.7. The van der Waals surface area contributed by atoms with Crippen molar-refractivity contribution in [3.8, 4) is 0 Å². The molecule has 0 spiro atoms. The van der Waals surface area contributed by atoms with Gasteiger partial charge in [0.15, 0.2) is 0 Å². The number of carboxylic acid groups (broad SMARTS) is 1. The van der Waals surface area contributed by atoms with E-state index in [4.69, 9.17) is 10.8 Å². The Hall–Kier alpha value is -0.810. The Morgan fingerprint density at radius 2 is 1.87 bits per heavy atom. The lowest BCUT2D eigenvalue weighted by Crippen LogP contribution is -2.48. The third-order valence-electron chi connectivity index (χ3n) is 1.58. The van der Waals surface area contributed by atoms with Crippen LogP contribution in [0.3, 0.4) is 0 Å². The summed E-state index contributed by atoms with van der Waals surface area (Å²) >= 11 is 0. The molecule has 0 aliphatic rings. The van der Waals surface area contributed by atoms with Crippen molar-refractivity contribution in [3.63, 3.8) is 0 Å². The molecule has 0 radical (unpaired) electrons. The van der Waals surface area contributed by atoms with Gasteiger partial charge in [-0.15, -0.1) is 12.4 Å². The van der Waals surface area contributed by atoms with Crippen molar-refractivity contribution in [1.82, 2.24) is 5.32 Å². The molecule has 0 heterocycles. The normalized spacial score (nSPS) is 12.7. The SMILES string of the molecule is CC(C)(C)N[C@@H](CCC(N)=O)C(=O)O.Cl. The molecule has 0 fully saturated rings. The van der Waals surface area contributed by atoms with Gasteiger partial charge in [-0.1, -0.05) is 0 Å². The Kier molecular flexibility index (Phi) is 7.35. The summed E-state index contributed by atoms with van der Waals surface area (Å²) in [7, 11) is 0. The Bertz CT molecular complexity index is 226. The van der Waals surface area contributed by atoms with E-state index in [9.17, 15) is 9.59 Å². The number of halogens is 1. The maximum atomic E-state index is 10.8. The lowest BCUT2D eigenvalue weighted by molar-refractivity contribution is -0.140. The van der Waals surface area contributed by atoms with Crippen LogP contribution in [0.4, 0.5) is 0 Å². The van der Waals surface area contributed by atoms with Gasteiger partial charge in [-0.2, -0.15) is 0 Å². The average Bonchev–Trinajstić information content (AvgIpc) is 1.94. The van der Waals surface area contributed by atoms with E-state index in [0.29, 0.717) is 0 Å². The van der Waals surface area contributed by atoms with Crippen molar-refractivity contribution in [1.29, 1.82) is 0 Å². The summed E-state index contributed by atoms with van der Waals surface area (Å²) in [4.78, 5) is 21.3. The molecule has 0 aliphatic carbocycles. The highest BCUT2D eigenvalue weighted by atomic mass is 35.5. The van der Waals surface area contributed by atoms with Crippen molar-refractivity contribution in [3.05, 3.63) is 0 Å². The van der Waals surface area contributed by atoms with Gasteiger partial charge >= 0.3 is 5.97 Å². The third kappa shape index (κ3) is 9.49. The number of primary amides is 1. The number of hydrogen-bond donors (Lipinski definition) is 3. The molecule has 90 valence electrons. The van der Waals surface area contributed by atoms with E-state index in [0.717, 1.165) is 0 Å². The zero-order valence-corrected chi connectivity index (χ0v) is 10.1. The topological polar surface area (TPSA) is 92.4 Å². The molecule has 0 saturated heterocycles. The number of amides is 1. The number of nitrogens with two attached hydrogens (primary N) is 1. The van der Waals surface area contributed by atoms with Crippen molar-refractivity contribution in [2.45, 2.75) is 45.2 Å². The van der Waals surface area contributed by atoms with Crippen molar-refractivity contribution in [2.24, 2.45) is 5.73 Å². The zero-order valence-electron chi connectivity index (χ0n) is 9.24. The molecule has 0 bridgehead atoms. The number of carbonyl (C=O) groups excluding carboxylic acids is 1. The Labute approximate surface area is 95.8 Å². The highest BCUT2D eigenvalue weighted by Gasteiger charge is 2.23. The molecule has 0 aromatic heterocycles. The maximum absolute atomic E-state index is 10.8. The Morgan fingerprint density at radius 1 is 1.40 bits per heavy atom. The molecule has 0 saturated carbocycles. The molecule has 0 aliphatic heterocycles. The van der Waals surface area contributed by atoms with Gasteiger partial charge in [0.1, 0.15) is 6.04 Å². The van der Waals surface area contributed by atoms with Crippen LogP contribution in [-0.4, -0.2) is 28.6 Å². The molecule has 1 amide bonds. The third-order valence-corrected chi connectivity index (χ3v) is 1.58.